The third-order valence-corrected chi connectivity index (χ3v) is 4.46. The lowest BCUT2D eigenvalue weighted by atomic mass is 10.1. The fourth-order valence-electron chi connectivity index (χ4n) is 2.90. The minimum absolute atomic E-state index is 0.0217. The average Bonchev–Trinajstić information content (AvgIpc) is 2.90. The van der Waals surface area contributed by atoms with E-state index >= 15 is 0 Å². The average molecular weight is 307 g/mol. The Kier molecular flexibility index (Phi) is 4.15. The second kappa shape index (κ2) is 6.24. The molecule has 0 radical (unpaired) electrons. The molecule has 1 amide bonds. The second-order valence-electron chi connectivity index (χ2n) is 5.92. The summed E-state index contributed by atoms with van der Waals surface area (Å²) in [5.41, 5.74) is 3.38. The molecule has 2 aromatic heterocycles. The van der Waals surface area contributed by atoms with E-state index in [4.69, 9.17) is 0 Å². The number of likely N-dealkylation sites (N-methyl/N-ethyl adjacent to an activating group) is 1. The number of aryl methyl sites for hydroxylation is 1. The number of fused-ring (bicyclic) bond motifs is 1. The number of carbonyl (C=O) groups is 1. The number of amides is 1. The predicted molar refractivity (Wildman–Crippen MR) is 92.1 cm³/mol. The minimum atomic E-state index is 0.0217. The number of hydrogen-bond donors (Lipinski definition) is 0. The van der Waals surface area contributed by atoms with Gasteiger partial charge in [-0.3, -0.25) is 9.78 Å². The van der Waals surface area contributed by atoms with Crippen LogP contribution in [0.2, 0.25) is 0 Å². The molecule has 2 heterocycles. The van der Waals surface area contributed by atoms with E-state index in [0.717, 1.165) is 11.1 Å². The lowest BCUT2D eigenvalue weighted by Crippen LogP contribution is -2.32. The van der Waals surface area contributed by atoms with Gasteiger partial charge in [0.15, 0.2) is 0 Å². The van der Waals surface area contributed by atoms with Gasteiger partial charge in [-0.25, -0.2) is 0 Å². The van der Waals surface area contributed by atoms with Crippen LogP contribution in [-0.4, -0.2) is 27.4 Å². The molecule has 0 bridgehead atoms. The fourth-order valence-corrected chi connectivity index (χ4v) is 2.90. The van der Waals surface area contributed by atoms with E-state index in [1.165, 1.54) is 10.9 Å². The number of hydrogen-bond acceptors (Lipinski definition) is 2. The first-order valence-corrected chi connectivity index (χ1v) is 7.78. The highest BCUT2D eigenvalue weighted by molar-refractivity contribution is 5.86. The number of carbonyl (C=O) groups excluding carboxylic acids is 1. The molecule has 4 nitrogen and oxygen atoms in total. The zero-order valence-corrected chi connectivity index (χ0v) is 13.7. The van der Waals surface area contributed by atoms with Crippen molar-refractivity contribution in [1.82, 2.24) is 14.5 Å². The Balaban J connectivity index is 1.80. The molecule has 0 aliphatic carbocycles. The SMILES string of the molecule is Cc1cn(CC(=O)N(C)C(C)c2ccncc2)c2ccccc12. The highest BCUT2D eigenvalue weighted by atomic mass is 16.2. The Hall–Kier alpha value is -2.62. The maximum absolute atomic E-state index is 12.7. The molecule has 0 saturated heterocycles. The molecule has 0 aliphatic heterocycles. The van der Waals surface area contributed by atoms with Gasteiger partial charge in [-0.1, -0.05) is 18.2 Å². The third kappa shape index (κ3) is 2.97. The number of para-hydroxylation sites is 1. The van der Waals surface area contributed by atoms with Gasteiger partial charge in [0.05, 0.1) is 6.04 Å². The summed E-state index contributed by atoms with van der Waals surface area (Å²) in [6.07, 6.45) is 5.56. The monoisotopic (exact) mass is 307 g/mol. The first-order chi connectivity index (χ1) is 11.1. The number of aromatic nitrogens is 2. The smallest absolute Gasteiger partial charge is 0.242 e. The summed E-state index contributed by atoms with van der Waals surface area (Å²) in [5.74, 6) is 0.0927. The molecule has 1 aromatic carbocycles. The molecule has 23 heavy (non-hydrogen) atoms. The van der Waals surface area contributed by atoms with Gasteiger partial charge in [-0.2, -0.15) is 0 Å². The molecule has 0 N–H and O–H groups in total. The Bertz CT molecular complexity index is 823. The molecule has 0 fully saturated rings. The molecule has 0 aliphatic rings. The molecule has 1 atom stereocenters. The van der Waals surface area contributed by atoms with Crippen LogP contribution in [0.1, 0.15) is 24.1 Å². The van der Waals surface area contributed by atoms with Gasteiger partial charge in [-0.15, -0.1) is 0 Å². The summed E-state index contributed by atoms with van der Waals surface area (Å²) in [5, 5.41) is 1.20. The van der Waals surface area contributed by atoms with Crippen molar-refractivity contribution < 1.29 is 4.79 Å². The first-order valence-electron chi connectivity index (χ1n) is 7.78. The first kappa shape index (κ1) is 15.3. The molecule has 3 aromatic rings. The topological polar surface area (TPSA) is 38.1 Å². The van der Waals surface area contributed by atoms with Crippen molar-refractivity contribution in [2.45, 2.75) is 26.4 Å². The van der Waals surface area contributed by atoms with Crippen molar-refractivity contribution >= 4 is 16.8 Å². The van der Waals surface area contributed by atoms with Gasteiger partial charge >= 0.3 is 0 Å². The lowest BCUT2D eigenvalue weighted by Gasteiger charge is -2.25. The van der Waals surface area contributed by atoms with Gasteiger partial charge < -0.3 is 9.47 Å². The molecule has 0 saturated carbocycles. The van der Waals surface area contributed by atoms with Crippen molar-refractivity contribution in [2.24, 2.45) is 0 Å². The van der Waals surface area contributed by atoms with Crippen LogP contribution in [0.3, 0.4) is 0 Å². The number of nitrogens with zero attached hydrogens (tertiary/aromatic N) is 3. The molecular weight excluding hydrogens is 286 g/mol. The summed E-state index contributed by atoms with van der Waals surface area (Å²) in [6, 6.07) is 12.1. The third-order valence-electron chi connectivity index (χ3n) is 4.46. The Labute approximate surface area is 136 Å². The Morgan fingerprint density at radius 2 is 1.91 bits per heavy atom. The summed E-state index contributed by atoms with van der Waals surface area (Å²) in [4.78, 5) is 18.5. The van der Waals surface area contributed by atoms with Crippen LogP contribution >= 0.6 is 0 Å². The van der Waals surface area contributed by atoms with Crippen LogP contribution in [0.4, 0.5) is 0 Å². The number of pyridine rings is 1. The molecule has 3 rings (SSSR count). The van der Waals surface area contributed by atoms with E-state index < -0.39 is 0 Å². The maximum atomic E-state index is 12.7. The quantitative estimate of drug-likeness (QED) is 0.739. The maximum Gasteiger partial charge on any atom is 0.242 e. The van der Waals surface area contributed by atoms with Crippen LogP contribution in [-0.2, 0) is 11.3 Å². The van der Waals surface area contributed by atoms with Crippen LogP contribution in [0, 0.1) is 6.92 Å². The van der Waals surface area contributed by atoms with Crippen molar-refractivity contribution in [2.75, 3.05) is 7.05 Å². The minimum Gasteiger partial charge on any atom is -0.338 e. The standard InChI is InChI=1S/C19H21N3O/c1-14-12-22(18-7-5-4-6-17(14)18)13-19(23)21(3)15(2)16-8-10-20-11-9-16/h4-12,15H,13H2,1-3H3. The van der Waals surface area contributed by atoms with Crippen LogP contribution < -0.4 is 0 Å². The largest absolute Gasteiger partial charge is 0.338 e. The Morgan fingerprint density at radius 1 is 1.22 bits per heavy atom. The van der Waals surface area contributed by atoms with E-state index in [1.807, 2.05) is 49.0 Å². The van der Waals surface area contributed by atoms with Crippen molar-refractivity contribution in [3.63, 3.8) is 0 Å². The van der Waals surface area contributed by atoms with Crippen LogP contribution in [0.25, 0.3) is 10.9 Å². The van der Waals surface area contributed by atoms with Gasteiger partial charge in [0, 0.05) is 36.5 Å². The van der Waals surface area contributed by atoms with Crippen molar-refractivity contribution in [3.8, 4) is 0 Å². The molecule has 0 spiro atoms. The van der Waals surface area contributed by atoms with Gasteiger partial charge in [0.25, 0.3) is 0 Å². The number of rotatable bonds is 4. The molecule has 1 unspecified atom stereocenters. The molecule has 4 heteroatoms. The van der Waals surface area contributed by atoms with Crippen molar-refractivity contribution in [1.29, 1.82) is 0 Å². The van der Waals surface area contributed by atoms with E-state index in [-0.39, 0.29) is 11.9 Å². The van der Waals surface area contributed by atoms with Crippen LogP contribution in [0.5, 0.6) is 0 Å². The van der Waals surface area contributed by atoms with E-state index in [0.29, 0.717) is 6.54 Å². The van der Waals surface area contributed by atoms with Gasteiger partial charge in [0.2, 0.25) is 5.91 Å². The van der Waals surface area contributed by atoms with E-state index in [1.54, 1.807) is 17.3 Å². The second-order valence-corrected chi connectivity index (χ2v) is 5.92. The Morgan fingerprint density at radius 3 is 2.65 bits per heavy atom. The van der Waals surface area contributed by atoms with Gasteiger partial charge in [0.1, 0.15) is 6.54 Å². The predicted octanol–water partition coefficient (Wildman–Crippen LogP) is 3.56. The summed E-state index contributed by atoms with van der Waals surface area (Å²) >= 11 is 0. The summed E-state index contributed by atoms with van der Waals surface area (Å²) < 4.78 is 2.03. The molecule has 118 valence electrons. The van der Waals surface area contributed by atoms with Crippen molar-refractivity contribution in [3.05, 3.63) is 66.1 Å². The molecular formula is C19H21N3O. The van der Waals surface area contributed by atoms with Crippen LogP contribution in [0.15, 0.2) is 55.0 Å². The zero-order valence-electron chi connectivity index (χ0n) is 13.7. The zero-order chi connectivity index (χ0) is 16.4. The number of benzene rings is 1. The fraction of sp³-hybridized carbons (Fsp3) is 0.263. The van der Waals surface area contributed by atoms with E-state index in [2.05, 4.69) is 24.0 Å². The highest BCUT2D eigenvalue weighted by Crippen LogP contribution is 2.22. The van der Waals surface area contributed by atoms with E-state index in [9.17, 15) is 4.79 Å². The summed E-state index contributed by atoms with van der Waals surface area (Å²) in [7, 11) is 1.85. The highest BCUT2D eigenvalue weighted by Gasteiger charge is 2.18. The van der Waals surface area contributed by atoms with Gasteiger partial charge in [-0.05, 0) is 43.2 Å². The lowest BCUT2D eigenvalue weighted by molar-refractivity contribution is -0.132. The summed E-state index contributed by atoms with van der Waals surface area (Å²) in [6.45, 7) is 4.46. The normalized spacial score (nSPS) is 12.3.